The number of aliphatic carboxylic acids is 1. The van der Waals surface area contributed by atoms with Gasteiger partial charge >= 0.3 is 5.97 Å². The monoisotopic (exact) mass is 275 g/mol. The first-order valence-corrected chi connectivity index (χ1v) is 6.91. The van der Waals surface area contributed by atoms with E-state index in [1.807, 2.05) is 13.8 Å². The van der Waals surface area contributed by atoms with Crippen LogP contribution >= 0.6 is 0 Å². The smallest absolute Gasteiger partial charge is 0.304 e. The molecule has 0 radical (unpaired) electrons. The first kappa shape index (κ1) is 14.7. The Morgan fingerprint density at radius 2 is 2.17 bits per heavy atom. The second-order valence-electron chi connectivity index (χ2n) is 4.22. The average Bonchev–Trinajstić information content (AvgIpc) is 2.75. The topological polar surface area (TPSA) is 92.5 Å². The molecule has 0 bridgehead atoms. The Kier molecular flexibility index (Phi) is 4.47. The van der Waals surface area contributed by atoms with E-state index in [0.29, 0.717) is 0 Å². The van der Waals surface area contributed by atoms with Crippen LogP contribution in [-0.2, 0) is 14.8 Å². The highest BCUT2D eigenvalue weighted by Gasteiger charge is 2.23. The molecule has 0 saturated heterocycles. The number of hydrogen-bond acceptors (Lipinski definition) is 4. The molecule has 0 unspecified atom stereocenters. The van der Waals surface area contributed by atoms with Crippen molar-refractivity contribution in [2.45, 2.75) is 31.2 Å². The van der Waals surface area contributed by atoms with E-state index in [-0.39, 0.29) is 23.9 Å². The molecule has 0 aliphatic rings. The van der Waals surface area contributed by atoms with Gasteiger partial charge in [-0.25, -0.2) is 12.7 Å². The molecule has 0 atom stereocenters. The summed E-state index contributed by atoms with van der Waals surface area (Å²) in [6.07, 6.45) is 2.48. The first-order valence-electron chi connectivity index (χ1n) is 5.47. The molecule has 0 aromatic carbocycles. The molecule has 8 heteroatoms. The Labute approximate surface area is 106 Å². The van der Waals surface area contributed by atoms with Gasteiger partial charge in [0.05, 0.1) is 12.6 Å². The number of rotatable bonds is 6. The largest absolute Gasteiger partial charge is 0.481 e. The second-order valence-corrected chi connectivity index (χ2v) is 6.26. The number of carbonyl (C=O) groups is 1. The summed E-state index contributed by atoms with van der Waals surface area (Å²) in [5.74, 6) is -1.03. The molecule has 0 spiro atoms. The van der Waals surface area contributed by atoms with Gasteiger partial charge in [-0.2, -0.15) is 5.10 Å². The normalized spacial score (nSPS) is 12.3. The molecule has 0 saturated carbocycles. The summed E-state index contributed by atoms with van der Waals surface area (Å²) < 4.78 is 26.7. The lowest BCUT2D eigenvalue weighted by atomic mass is 10.4. The van der Waals surface area contributed by atoms with E-state index < -0.39 is 16.0 Å². The molecule has 18 heavy (non-hydrogen) atoms. The summed E-state index contributed by atoms with van der Waals surface area (Å²) in [7, 11) is -2.31. The lowest BCUT2D eigenvalue weighted by Gasteiger charge is -2.14. The van der Waals surface area contributed by atoms with E-state index in [9.17, 15) is 13.2 Å². The van der Waals surface area contributed by atoms with Crippen LogP contribution in [0.2, 0.25) is 0 Å². The molecule has 102 valence electrons. The fourth-order valence-electron chi connectivity index (χ4n) is 1.29. The molecular weight excluding hydrogens is 258 g/mol. The van der Waals surface area contributed by atoms with Gasteiger partial charge in [0.25, 0.3) is 0 Å². The number of aromatic nitrogens is 2. The lowest BCUT2D eigenvalue weighted by molar-refractivity contribution is -0.137. The van der Waals surface area contributed by atoms with E-state index >= 15 is 0 Å². The molecule has 7 nitrogen and oxygen atoms in total. The van der Waals surface area contributed by atoms with Crippen LogP contribution in [0.5, 0.6) is 0 Å². The van der Waals surface area contributed by atoms with Crippen molar-refractivity contribution in [2.24, 2.45) is 0 Å². The molecular formula is C10H17N3O4S. The summed E-state index contributed by atoms with van der Waals surface area (Å²) in [6.45, 7) is 3.71. The van der Waals surface area contributed by atoms with Gasteiger partial charge in [-0.15, -0.1) is 0 Å². The highest BCUT2D eigenvalue weighted by molar-refractivity contribution is 7.89. The van der Waals surface area contributed by atoms with E-state index in [4.69, 9.17) is 5.11 Å². The minimum absolute atomic E-state index is 0.0650. The van der Waals surface area contributed by atoms with Crippen LogP contribution in [0.25, 0.3) is 0 Å². The van der Waals surface area contributed by atoms with E-state index in [1.165, 1.54) is 24.1 Å². The number of carboxylic acids is 1. The maximum Gasteiger partial charge on any atom is 0.304 e. The number of sulfonamides is 1. The van der Waals surface area contributed by atoms with Crippen LogP contribution in [0.4, 0.5) is 0 Å². The molecule has 0 aliphatic carbocycles. The Morgan fingerprint density at radius 1 is 1.56 bits per heavy atom. The van der Waals surface area contributed by atoms with Gasteiger partial charge in [0.15, 0.2) is 0 Å². The maximum atomic E-state index is 12.1. The standard InChI is InChI=1S/C10H17N3O4S/c1-8(2)13-7-9(6-11-13)18(16,17)12(3)5-4-10(14)15/h6-8H,4-5H2,1-3H3,(H,14,15). The Morgan fingerprint density at radius 3 is 2.61 bits per heavy atom. The van der Waals surface area contributed by atoms with Gasteiger partial charge < -0.3 is 5.11 Å². The van der Waals surface area contributed by atoms with Crippen molar-refractivity contribution in [3.8, 4) is 0 Å². The number of carboxylic acid groups (broad SMARTS) is 1. The molecule has 1 aromatic rings. The minimum atomic E-state index is -3.66. The summed E-state index contributed by atoms with van der Waals surface area (Å²) in [6, 6.07) is 0.0678. The molecule has 0 amide bonds. The first-order chi connectivity index (χ1) is 8.25. The summed E-state index contributed by atoms with van der Waals surface area (Å²) in [5, 5.41) is 12.5. The average molecular weight is 275 g/mol. The summed E-state index contributed by atoms with van der Waals surface area (Å²) in [4.78, 5) is 10.5. The van der Waals surface area contributed by atoms with Gasteiger partial charge in [-0.1, -0.05) is 0 Å². The van der Waals surface area contributed by atoms with Crippen molar-refractivity contribution in [1.82, 2.24) is 14.1 Å². The Balaban J connectivity index is 2.87. The fraction of sp³-hybridized carbons (Fsp3) is 0.600. The molecule has 1 heterocycles. The summed E-state index contributed by atoms with van der Waals surface area (Å²) in [5.41, 5.74) is 0. The SMILES string of the molecule is CC(C)n1cc(S(=O)(=O)N(C)CCC(=O)O)cn1. The second kappa shape index (κ2) is 5.49. The van der Waals surface area contributed by atoms with Crippen LogP contribution in [0, 0.1) is 0 Å². The lowest BCUT2D eigenvalue weighted by Crippen LogP contribution is -2.29. The van der Waals surface area contributed by atoms with Gasteiger partial charge in [-0.05, 0) is 13.8 Å². The van der Waals surface area contributed by atoms with Crippen LogP contribution in [0.3, 0.4) is 0 Å². The maximum absolute atomic E-state index is 12.1. The van der Waals surface area contributed by atoms with E-state index in [0.717, 1.165) is 4.31 Å². The number of hydrogen-bond donors (Lipinski definition) is 1. The van der Waals surface area contributed by atoms with Gasteiger partial charge in [-0.3, -0.25) is 9.48 Å². The minimum Gasteiger partial charge on any atom is -0.481 e. The predicted molar refractivity (Wildman–Crippen MR) is 64.7 cm³/mol. The molecule has 1 rings (SSSR count). The van der Waals surface area contributed by atoms with Crippen LogP contribution in [-0.4, -0.2) is 47.2 Å². The van der Waals surface area contributed by atoms with Crippen molar-refractivity contribution in [1.29, 1.82) is 0 Å². The highest BCUT2D eigenvalue weighted by Crippen LogP contribution is 2.15. The van der Waals surface area contributed by atoms with Gasteiger partial charge in [0, 0.05) is 25.8 Å². The van der Waals surface area contributed by atoms with Crippen LogP contribution in [0.1, 0.15) is 26.3 Å². The van der Waals surface area contributed by atoms with Crippen LogP contribution < -0.4 is 0 Å². The van der Waals surface area contributed by atoms with Gasteiger partial charge in [0.1, 0.15) is 4.90 Å². The van der Waals surface area contributed by atoms with Crippen molar-refractivity contribution < 1.29 is 18.3 Å². The molecule has 1 aromatic heterocycles. The Bertz CT molecular complexity index is 521. The van der Waals surface area contributed by atoms with Crippen molar-refractivity contribution in [2.75, 3.05) is 13.6 Å². The van der Waals surface area contributed by atoms with Crippen LogP contribution in [0.15, 0.2) is 17.3 Å². The van der Waals surface area contributed by atoms with Crippen molar-refractivity contribution >= 4 is 16.0 Å². The third-order valence-electron chi connectivity index (χ3n) is 2.46. The van der Waals surface area contributed by atoms with E-state index in [2.05, 4.69) is 5.10 Å². The van der Waals surface area contributed by atoms with Crippen molar-refractivity contribution in [3.63, 3.8) is 0 Å². The quantitative estimate of drug-likeness (QED) is 0.818. The zero-order chi connectivity index (χ0) is 13.9. The number of nitrogens with zero attached hydrogens (tertiary/aromatic N) is 3. The predicted octanol–water partition coefficient (Wildman–Crippen LogP) is 0.559. The van der Waals surface area contributed by atoms with Crippen molar-refractivity contribution in [3.05, 3.63) is 12.4 Å². The molecule has 0 fully saturated rings. The summed E-state index contributed by atoms with van der Waals surface area (Å²) >= 11 is 0. The fourth-order valence-corrected chi connectivity index (χ4v) is 2.40. The van der Waals surface area contributed by atoms with Gasteiger partial charge in [0.2, 0.25) is 10.0 Å². The Hall–Kier alpha value is -1.41. The zero-order valence-electron chi connectivity index (χ0n) is 10.6. The highest BCUT2D eigenvalue weighted by atomic mass is 32.2. The van der Waals surface area contributed by atoms with E-state index in [1.54, 1.807) is 0 Å². The third kappa shape index (κ3) is 3.30. The molecule has 1 N–H and O–H groups in total. The molecule has 0 aliphatic heterocycles. The zero-order valence-corrected chi connectivity index (χ0v) is 11.4. The third-order valence-corrected chi connectivity index (χ3v) is 4.27.